The summed E-state index contributed by atoms with van der Waals surface area (Å²) in [7, 11) is 0. The molecule has 0 aliphatic carbocycles. The maximum absolute atomic E-state index is 8.57. The van der Waals surface area contributed by atoms with E-state index in [0.717, 1.165) is 19.5 Å². The molecular formula is C11H16Cl2NO2+. The van der Waals surface area contributed by atoms with Crippen LogP contribution in [0.4, 0.5) is 0 Å². The van der Waals surface area contributed by atoms with Crippen molar-refractivity contribution in [2.45, 2.75) is 6.42 Å². The highest BCUT2D eigenvalue weighted by molar-refractivity contribution is 6.42. The highest BCUT2D eigenvalue weighted by Gasteiger charge is 2.04. The number of nitrogens with two attached hydrogens (primary N) is 1. The van der Waals surface area contributed by atoms with Gasteiger partial charge in [0.1, 0.15) is 10.8 Å². The third kappa shape index (κ3) is 4.58. The zero-order valence-electron chi connectivity index (χ0n) is 8.96. The van der Waals surface area contributed by atoms with Gasteiger partial charge < -0.3 is 15.2 Å². The summed E-state index contributed by atoms with van der Waals surface area (Å²) in [5.74, 6) is 0.622. The van der Waals surface area contributed by atoms with Gasteiger partial charge in [0, 0.05) is 6.42 Å². The minimum Gasteiger partial charge on any atom is -0.492 e. The van der Waals surface area contributed by atoms with Crippen molar-refractivity contribution in [1.29, 1.82) is 0 Å². The quantitative estimate of drug-likeness (QED) is 0.730. The van der Waals surface area contributed by atoms with Gasteiger partial charge in [0.05, 0.1) is 31.3 Å². The fourth-order valence-electron chi connectivity index (χ4n) is 1.24. The highest BCUT2D eigenvalue weighted by atomic mass is 35.5. The van der Waals surface area contributed by atoms with Crippen molar-refractivity contribution in [3.05, 3.63) is 28.2 Å². The Morgan fingerprint density at radius 2 is 2.06 bits per heavy atom. The zero-order valence-corrected chi connectivity index (χ0v) is 10.5. The van der Waals surface area contributed by atoms with E-state index in [2.05, 4.69) is 0 Å². The molecule has 0 amide bonds. The molecule has 1 aromatic rings. The molecule has 1 aromatic carbocycles. The van der Waals surface area contributed by atoms with Gasteiger partial charge in [-0.25, -0.2) is 0 Å². The molecular weight excluding hydrogens is 249 g/mol. The van der Waals surface area contributed by atoms with Crippen LogP contribution < -0.4 is 10.1 Å². The van der Waals surface area contributed by atoms with Crippen LogP contribution in [-0.2, 0) is 0 Å². The second kappa shape index (κ2) is 7.74. The molecule has 3 nitrogen and oxygen atoms in total. The van der Waals surface area contributed by atoms with E-state index < -0.39 is 0 Å². The number of halogens is 2. The van der Waals surface area contributed by atoms with Crippen LogP contribution in [0, 0.1) is 0 Å². The van der Waals surface area contributed by atoms with Gasteiger partial charge in [-0.1, -0.05) is 29.3 Å². The molecule has 5 heteroatoms. The first kappa shape index (κ1) is 13.6. The van der Waals surface area contributed by atoms with E-state index in [1.165, 1.54) is 0 Å². The molecule has 0 aromatic heterocycles. The summed E-state index contributed by atoms with van der Waals surface area (Å²) in [4.78, 5) is 0. The van der Waals surface area contributed by atoms with Crippen LogP contribution >= 0.6 is 23.2 Å². The number of hydrogen-bond acceptors (Lipinski definition) is 2. The second-order valence-electron chi connectivity index (χ2n) is 3.34. The molecule has 0 radical (unpaired) electrons. The van der Waals surface area contributed by atoms with Crippen LogP contribution in [-0.4, -0.2) is 31.4 Å². The van der Waals surface area contributed by atoms with Crippen molar-refractivity contribution in [2.24, 2.45) is 0 Å². The van der Waals surface area contributed by atoms with Gasteiger partial charge in [0.2, 0.25) is 0 Å². The minimum absolute atomic E-state index is 0.209. The Morgan fingerprint density at radius 3 is 2.81 bits per heavy atom. The van der Waals surface area contributed by atoms with Crippen LogP contribution in [0.5, 0.6) is 5.75 Å². The normalized spacial score (nSPS) is 10.4. The topological polar surface area (TPSA) is 46.1 Å². The van der Waals surface area contributed by atoms with Crippen LogP contribution in [0.3, 0.4) is 0 Å². The van der Waals surface area contributed by atoms with E-state index in [1.54, 1.807) is 18.2 Å². The van der Waals surface area contributed by atoms with Gasteiger partial charge in [-0.3, -0.25) is 0 Å². The molecule has 0 saturated carbocycles. The number of ether oxygens (including phenoxy) is 1. The summed E-state index contributed by atoms with van der Waals surface area (Å²) in [6, 6.07) is 5.33. The molecule has 0 spiro atoms. The van der Waals surface area contributed by atoms with Crippen molar-refractivity contribution in [3.63, 3.8) is 0 Å². The molecule has 0 aliphatic heterocycles. The Morgan fingerprint density at radius 1 is 1.25 bits per heavy atom. The van der Waals surface area contributed by atoms with E-state index in [0.29, 0.717) is 22.4 Å². The van der Waals surface area contributed by atoms with Crippen molar-refractivity contribution in [2.75, 3.05) is 26.3 Å². The molecule has 0 fully saturated rings. The molecule has 1 rings (SSSR count). The van der Waals surface area contributed by atoms with Crippen molar-refractivity contribution < 1.29 is 15.2 Å². The predicted octanol–water partition coefficient (Wildman–Crippen LogP) is 1.32. The lowest BCUT2D eigenvalue weighted by atomic mass is 10.3. The average molecular weight is 265 g/mol. The van der Waals surface area contributed by atoms with Gasteiger partial charge >= 0.3 is 0 Å². The number of quaternary nitrogens is 1. The number of hydrogen-bond donors (Lipinski definition) is 2. The largest absolute Gasteiger partial charge is 0.492 e. The molecule has 0 bridgehead atoms. The van der Waals surface area contributed by atoms with Crippen LogP contribution in [0.25, 0.3) is 0 Å². The summed E-state index contributed by atoms with van der Waals surface area (Å²) in [5, 5.41) is 11.6. The first-order valence-corrected chi connectivity index (χ1v) is 6.00. The Bertz CT molecular complexity index is 321. The molecule has 90 valence electrons. The fraction of sp³-hybridized carbons (Fsp3) is 0.455. The first-order valence-electron chi connectivity index (χ1n) is 5.25. The Hall–Kier alpha value is -0.480. The Kier molecular flexibility index (Phi) is 6.57. The van der Waals surface area contributed by atoms with E-state index in [-0.39, 0.29) is 6.61 Å². The summed E-state index contributed by atoms with van der Waals surface area (Å²) >= 11 is 11.8. The number of aliphatic hydroxyl groups excluding tert-OH is 1. The lowest BCUT2D eigenvalue weighted by molar-refractivity contribution is -0.656. The predicted molar refractivity (Wildman–Crippen MR) is 65.3 cm³/mol. The standard InChI is InChI=1S/C11H15Cl2NO2/c12-9-3-1-4-10(11(9)13)16-8-2-5-14-6-7-15/h1,3-4,14-15H,2,5-8H2/p+1. The van der Waals surface area contributed by atoms with Gasteiger partial charge in [-0.05, 0) is 12.1 Å². The summed E-state index contributed by atoms with van der Waals surface area (Å²) < 4.78 is 5.50. The highest BCUT2D eigenvalue weighted by Crippen LogP contribution is 2.31. The van der Waals surface area contributed by atoms with Gasteiger partial charge in [-0.15, -0.1) is 0 Å². The van der Waals surface area contributed by atoms with Crippen LogP contribution in [0.1, 0.15) is 6.42 Å². The van der Waals surface area contributed by atoms with Crippen molar-refractivity contribution in [3.8, 4) is 5.75 Å². The second-order valence-corrected chi connectivity index (χ2v) is 4.13. The maximum atomic E-state index is 8.57. The number of rotatable bonds is 7. The zero-order chi connectivity index (χ0) is 11.8. The van der Waals surface area contributed by atoms with E-state index in [4.69, 9.17) is 33.0 Å². The molecule has 3 N–H and O–H groups in total. The van der Waals surface area contributed by atoms with E-state index in [1.807, 2.05) is 5.32 Å². The van der Waals surface area contributed by atoms with Crippen LogP contribution in [0.2, 0.25) is 10.0 Å². The fourth-order valence-corrected chi connectivity index (χ4v) is 1.59. The van der Waals surface area contributed by atoms with Gasteiger partial charge in [0.25, 0.3) is 0 Å². The van der Waals surface area contributed by atoms with E-state index in [9.17, 15) is 0 Å². The monoisotopic (exact) mass is 264 g/mol. The molecule has 0 unspecified atom stereocenters. The minimum atomic E-state index is 0.209. The third-order valence-electron chi connectivity index (χ3n) is 2.06. The maximum Gasteiger partial charge on any atom is 0.139 e. The Balaban J connectivity index is 2.24. The summed E-state index contributed by atoms with van der Waals surface area (Å²) in [6.07, 6.45) is 0.906. The Labute approximate surface area is 105 Å². The van der Waals surface area contributed by atoms with Crippen molar-refractivity contribution >= 4 is 23.2 Å². The molecule has 0 saturated heterocycles. The van der Waals surface area contributed by atoms with E-state index >= 15 is 0 Å². The molecule has 0 aliphatic rings. The van der Waals surface area contributed by atoms with Gasteiger partial charge in [0.15, 0.2) is 0 Å². The van der Waals surface area contributed by atoms with Crippen molar-refractivity contribution in [1.82, 2.24) is 0 Å². The lowest BCUT2D eigenvalue weighted by Gasteiger charge is -2.08. The first-order chi connectivity index (χ1) is 7.75. The molecule has 0 heterocycles. The smallest absolute Gasteiger partial charge is 0.139 e. The number of benzene rings is 1. The molecule has 0 atom stereocenters. The third-order valence-corrected chi connectivity index (χ3v) is 2.86. The lowest BCUT2D eigenvalue weighted by Crippen LogP contribution is -2.85. The summed E-state index contributed by atoms with van der Waals surface area (Å²) in [6.45, 7) is 2.47. The molecule has 16 heavy (non-hydrogen) atoms. The summed E-state index contributed by atoms with van der Waals surface area (Å²) in [5.41, 5.74) is 0. The number of aliphatic hydroxyl groups is 1. The SMILES string of the molecule is OCC[NH2+]CCCOc1cccc(Cl)c1Cl. The average Bonchev–Trinajstić information content (AvgIpc) is 2.29. The van der Waals surface area contributed by atoms with Gasteiger partial charge in [-0.2, -0.15) is 0 Å². The van der Waals surface area contributed by atoms with Crippen LogP contribution in [0.15, 0.2) is 18.2 Å².